The SMILES string of the molecule is S=P(SS)(Sc1ccccc1)Sc1ccccc1. The summed E-state index contributed by atoms with van der Waals surface area (Å²) in [7, 11) is 1.51. The van der Waals surface area contributed by atoms with Gasteiger partial charge in [-0.3, -0.25) is 0 Å². The Bertz CT molecular complexity index is 483. The molecule has 0 nitrogen and oxygen atoms in total. The van der Waals surface area contributed by atoms with Crippen LogP contribution in [0.3, 0.4) is 0 Å². The summed E-state index contributed by atoms with van der Waals surface area (Å²) in [6, 6.07) is 20.6. The summed E-state index contributed by atoms with van der Waals surface area (Å²) in [5.74, 6) is 0. The molecule has 2 aromatic rings. The molecular formula is C12H11PS5. The number of benzene rings is 2. The van der Waals surface area contributed by atoms with Crippen LogP contribution in [0.5, 0.6) is 0 Å². The highest BCUT2D eigenvalue weighted by atomic mass is 33.7. The Labute approximate surface area is 130 Å². The molecule has 2 aromatic carbocycles. The van der Waals surface area contributed by atoms with E-state index in [4.69, 9.17) is 11.8 Å². The highest BCUT2D eigenvalue weighted by molar-refractivity contribution is 9.32. The normalized spacial score (nSPS) is 11.4. The number of hydrogen-bond donors (Lipinski definition) is 1. The van der Waals surface area contributed by atoms with Gasteiger partial charge >= 0.3 is 0 Å². The van der Waals surface area contributed by atoms with Crippen LogP contribution in [0.2, 0.25) is 0 Å². The van der Waals surface area contributed by atoms with Gasteiger partial charge in [-0.25, -0.2) is 0 Å². The molecule has 0 unspecified atom stereocenters. The summed E-state index contributed by atoms with van der Waals surface area (Å²) in [6.07, 6.45) is 0. The molecule has 18 heavy (non-hydrogen) atoms. The lowest BCUT2D eigenvalue weighted by Gasteiger charge is -2.17. The molecule has 0 bridgehead atoms. The molecule has 0 N–H and O–H groups in total. The number of thiol groups is 1. The third kappa shape index (κ3) is 4.55. The predicted molar refractivity (Wildman–Crippen MR) is 95.5 cm³/mol. The van der Waals surface area contributed by atoms with E-state index in [0.717, 1.165) is 0 Å². The van der Waals surface area contributed by atoms with E-state index in [1.807, 2.05) is 36.4 Å². The Morgan fingerprint density at radius 3 is 1.50 bits per heavy atom. The minimum atomic E-state index is -1.70. The van der Waals surface area contributed by atoms with Gasteiger partial charge in [0.1, 0.15) is 3.64 Å². The van der Waals surface area contributed by atoms with Gasteiger partial charge in [0, 0.05) is 9.79 Å². The van der Waals surface area contributed by atoms with Crippen LogP contribution in [0, 0.1) is 0 Å². The lowest BCUT2D eigenvalue weighted by molar-refractivity contribution is 1.48. The molecule has 0 fully saturated rings. The van der Waals surface area contributed by atoms with E-state index in [0.29, 0.717) is 0 Å². The minimum absolute atomic E-state index is 1.21. The van der Waals surface area contributed by atoms with Gasteiger partial charge in [0.25, 0.3) is 0 Å². The molecule has 94 valence electrons. The molecule has 0 amide bonds. The van der Waals surface area contributed by atoms with E-state index in [9.17, 15) is 0 Å². The van der Waals surface area contributed by atoms with Gasteiger partial charge < -0.3 is 0 Å². The Morgan fingerprint density at radius 2 is 1.17 bits per heavy atom. The molecular weight excluding hydrogens is 335 g/mol. The van der Waals surface area contributed by atoms with E-state index in [1.54, 1.807) is 22.8 Å². The summed E-state index contributed by atoms with van der Waals surface area (Å²) < 4.78 is -1.70. The molecule has 0 saturated carbocycles. The van der Waals surface area contributed by atoms with Crippen LogP contribution in [0.4, 0.5) is 0 Å². The van der Waals surface area contributed by atoms with Crippen molar-refractivity contribution in [1.82, 2.24) is 0 Å². The zero-order chi connectivity index (χ0) is 12.8. The van der Waals surface area contributed by atoms with Crippen molar-refractivity contribution in [3.8, 4) is 0 Å². The van der Waals surface area contributed by atoms with E-state index in [1.165, 1.54) is 20.2 Å². The Morgan fingerprint density at radius 1 is 0.778 bits per heavy atom. The largest absolute Gasteiger partial charge is 0.128 e. The van der Waals surface area contributed by atoms with Crippen LogP contribution in [0.1, 0.15) is 0 Å². The standard InChI is InChI=1S/C12H11PS5/c14-13(18-15,16-11-7-3-1-4-8-11)17-12-9-5-2-6-10-12/h1-10,15H. The van der Waals surface area contributed by atoms with E-state index >= 15 is 0 Å². The third-order valence-corrected chi connectivity index (χ3v) is 18.1. The third-order valence-electron chi connectivity index (χ3n) is 2.02. The summed E-state index contributed by atoms with van der Waals surface area (Å²) in [6.45, 7) is 0. The van der Waals surface area contributed by atoms with Gasteiger partial charge in [0.05, 0.1) is 0 Å². The molecule has 0 atom stereocenters. The first-order valence-corrected chi connectivity index (χ1v) is 13.3. The second-order valence-corrected chi connectivity index (χ2v) is 19.5. The van der Waals surface area contributed by atoms with E-state index in [-0.39, 0.29) is 0 Å². The van der Waals surface area contributed by atoms with Gasteiger partial charge in [-0.15, -0.1) is 11.7 Å². The lowest BCUT2D eigenvalue weighted by atomic mass is 10.4. The lowest BCUT2D eigenvalue weighted by Crippen LogP contribution is -1.70. The van der Waals surface area contributed by atoms with Crippen LogP contribution < -0.4 is 0 Å². The van der Waals surface area contributed by atoms with Crippen molar-refractivity contribution in [3.63, 3.8) is 0 Å². The molecule has 2 rings (SSSR count). The van der Waals surface area contributed by atoms with Crippen LogP contribution in [-0.2, 0) is 11.8 Å². The van der Waals surface area contributed by atoms with Gasteiger partial charge in [-0.05, 0) is 34.7 Å². The number of rotatable bonds is 5. The monoisotopic (exact) mass is 346 g/mol. The summed E-state index contributed by atoms with van der Waals surface area (Å²) in [5.41, 5.74) is 0. The summed E-state index contributed by atoms with van der Waals surface area (Å²) in [4.78, 5) is 2.43. The molecule has 0 aliphatic rings. The van der Waals surface area contributed by atoms with Crippen LogP contribution in [0.25, 0.3) is 0 Å². The minimum Gasteiger partial charge on any atom is -0.104 e. The number of hydrogen-bond acceptors (Lipinski definition) is 5. The molecule has 6 heteroatoms. The quantitative estimate of drug-likeness (QED) is 0.379. The van der Waals surface area contributed by atoms with Crippen LogP contribution in [0.15, 0.2) is 70.5 Å². The van der Waals surface area contributed by atoms with Crippen molar-refractivity contribution in [3.05, 3.63) is 60.7 Å². The summed E-state index contributed by atoms with van der Waals surface area (Å²) in [5, 5.41) is 0. The van der Waals surface area contributed by atoms with Gasteiger partial charge in [-0.2, -0.15) is 0 Å². The first kappa shape index (κ1) is 14.9. The van der Waals surface area contributed by atoms with Gasteiger partial charge in [-0.1, -0.05) is 71.0 Å². The van der Waals surface area contributed by atoms with Crippen molar-refractivity contribution in [2.24, 2.45) is 0 Å². The van der Waals surface area contributed by atoms with Gasteiger partial charge in [0.15, 0.2) is 0 Å². The fourth-order valence-electron chi connectivity index (χ4n) is 1.27. The van der Waals surface area contributed by atoms with Gasteiger partial charge in [0.2, 0.25) is 0 Å². The highest BCUT2D eigenvalue weighted by Gasteiger charge is 2.20. The Kier molecular flexibility index (Phi) is 6.05. The topological polar surface area (TPSA) is 0 Å². The first-order chi connectivity index (χ1) is 8.72. The van der Waals surface area contributed by atoms with Crippen molar-refractivity contribution >= 4 is 60.3 Å². The molecule has 0 spiro atoms. The molecule has 0 radical (unpaired) electrons. The van der Waals surface area contributed by atoms with Crippen molar-refractivity contribution < 1.29 is 0 Å². The average Bonchev–Trinajstić information content (AvgIpc) is 2.41. The molecule has 0 aliphatic heterocycles. The van der Waals surface area contributed by atoms with Crippen LogP contribution in [-0.4, -0.2) is 0 Å². The first-order valence-electron chi connectivity index (χ1n) is 5.14. The smallest absolute Gasteiger partial charge is 0.104 e. The fourth-order valence-corrected chi connectivity index (χ4v) is 12.4. The maximum atomic E-state index is 5.79. The second-order valence-electron chi connectivity index (χ2n) is 3.34. The summed E-state index contributed by atoms with van der Waals surface area (Å²) >= 11 is 13.7. The maximum Gasteiger partial charge on any atom is 0.128 e. The zero-order valence-electron chi connectivity index (χ0n) is 9.30. The van der Waals surface area contributed by atoms with Crippen LogP contribution >= 0.6 is 48.5 Å². The molecule has 0 aromatic heterocycles. The Hall–Kier alpha value is 0.490. The van der Waals surface area contributed by atoms with Crippen molar-refractivity contribution in [2.45, 2.75) is 9.79 Å². The average molecular weight is 347 g/mol. The van der Waals surface area contributed by atoms with Crippen molar-refractivity contribution in [2.75, 3.05) is 0 Å². The zero-order valence-corrected chi connectivity index (χ0v) is 14.4. The second kappa shape index (κ2) is 7.32. The van der Waals surface area contributed by atoms with Crippen molar-refractivity contribution in [1.29, 1.82) is 0 Å². The maximum absolute atomic E-state index is 5.79. The predicted octanol–water partition coefficient (Wildman–Crippen LogP) is 6.37. The molecule has 0 aliphatic carbocycles. The molecule has 0 saturated heterocycles. The Balaban J connectivity index is 2.14. The molecule has 0 heterocycles. The highest BCUT2D eigenvalue weighted by Crippen LogP contribution is 2.82. The van der Waals surface area contributed by atoms with E-state index < -0.39 is 3.64 Å². The fraction of sp³-hybridized carbons (Fsp3) is 0. The van der Waals surface area contributed by atoms with E-state index in [2.05, 4.69) is 35.9 Å².